The number of terminal acetylenes is 2. The van der Waals surface area contributed by atoms with Gasteiger partial charge < -0.3 is 20.8 Å². The van der Waals surface area contributed by atoms with Crippen molar-refractivity contribution in [1.29, 1.82) is 0 Å². The Bertz CT molecular complexity index is 1260. The summed E-state index contributed by atoms with van der Waals surface area (Å²) in [7, 11) is -3.71. The molecular weight excluding hydrogens is 588 g/mol. The van der Waals surface area contributed by atoms with Gasteiger partial charge in [-0.2, -0.15) is 0 Å². The van der Waals surface area contributed by atoms with Crippen molar-refractivity contribution in [3.8, 4) is 24.7 Å². The van der Waals surface area contributed by atoms with E-state index in [9.17, 15) is 28.2 Å². The van der Waals surface area contributed by atoms with Crippen LogP contribution in [-0.4, -0.2) is 65.2 Å². The molecular formula is C33H47ClN2O6S. The molecule has 0 spiro atoms. The van der Waals surface area contributed by atoms with Crippen LogP contribution >= 0.6 is 11.6 Å². The molecule has 5 atom stereocenters. The fraction of sp³-hybridized carbons (Fsp3) is 0.636. The Kier molecular flexibility index (Phi) is 14.5. The predicted octanol–water partition coefficient (Wildman–Crippen LogP) is 3.81. The molecule has 4 N–H and O–H groups in total. The fourth-order valence-corrected chi connectivity index (χ4v) is 6.84. The second-order valence-corrected chi connectivity index (χ2v) is 15.8. The number of carbonyl (C=O) groups is 2. The van der Waals surface area contributed by atoms with Gasteiger partial charge in [-0.1, -0.05) is 55.8 Å². The minimum absolute atomic E-state index is 0.0798. The Morgan fingerprint density at radius 3 is 2.33 bits per heavy atom. The number of hydrogen-bond donors (Lipinski definition) is 4. The average molecular weight is 635 g/mol. The van der Waals surface area contributed by atoms with Crippen molar-refractivity contribution in [2.75, 3.05) is 5.75 Å². The number of amides is 2. The first-order chi connectivity index (χ1) is 20.2. The molecule has 1 aliphatic carbocycles. The molecule has 2 rings (SSSR count). The second kappa shape index (κ2) is 17.1. The maximum atomic E-state index is 13.6. The lowest BCUT2D eigenvalue weighted by molar-refractivity contribution is -0.132. The average Bonchev–Trinajstić information content (AvgIpc) is 2.94. The van der Waals surface area contributed by atoms with Gasteiger partial charge in [0.1, 0.15) is 12.1 Å². The number of hydrogen-bond acceptors (Lipinski definition) is 6. The molecule has 238 valence electrons. The molecule has 2 amide bonds. The molecule has 1 aliphatic rings. The summed E-state index contributed by atoms with van der Waals surface area (Å²) in [5, 5.41) is 27.6. The van der Waals surface area contributed by atoms with Crippen molar-refractivity contribution in [3.63, 3.8) is 0 Å². The predicted molar refractivity (Wildman–Crippen MR) is 171 cm³/mol. The van der Waals surface area contributed by atoms with Crippen LogP contribution in [0.2, 0.25) is 5.02 Å². The van der Waals surface area contributed by atoms with Gasteiger partial charge in [-0.3, -0.25) is 9.59 Å². The monoisotopic (exact) mass is 634 g/mol. The molecule has 10 heteroatoms. The molecule has 0 aromatic heterocycles. The summed E-state index contributed by atoms with van der Waals surface area (Å²) in [6.45, 7) is 4.71. The van der Waals surface area contributed by atoms with E-state index < -0.39 is 62.4 Å². The van der Waals surface area contributed by atoms with Crippen LogP contribution < -0.4 is 10.6 Å². The lowest BCUT2D eigenvalue weighted by Gasteiger charge is -2.33. The smallest absolute Gasteiger partial charge is 0.243 e. The van der Waals surface area contributed by atoms with Gasteiger partial charge in [0, 0.05) is 17.9 Å². The number of aliphatic hydroxyl groups is 2. The van der Waals surface area contributed by atoms with E-state index in [0.717, 1.165) is 32.1 Å². The molecule has 0 radical (unpaired) electrons. The van der Waals surface area contributed by atoms with Crippen molar-refractivity contribution in [2.24, 2.45) is 11.8 Å². The number of benzene rings is 1. The Morgan fingerprint density at radius 1 is 1.07 bits per heavy atom. The largest absolute Gasteiger partial charge is 0.390 e. The molecule has 1 saturated carbocycles. The zero-order valence-electron chi connectivity index (χ0n) is 25.5. The van der Waals surface area contributed by atoms with Gasteiger partial charge in [0.2, 0.25) is 11.8 Å². The van der Waals surface area contributed by atoms with Crippen LogP contribution in [0, 0.1) is 36.5 Å². The molecule has 0 unspecified atom stereocenters. The highest BCUT2D eigenvalue weighted by molar-refractivity contribution is 7.92. The van der Waals surface area contributed by atoms with Crippen LogP contribution in [0.15, 0.2) is 24.3 Å². The van der Waals surface area contributed by atoms with Crippen molar-refractivity contribution >= 4 is 33.3 Å². The van der Waals surface area contributed by atoms with Crippen LogP contribution in [-0.2, 0) is 25.8 Å². The third kappa shape index (κ3) is 11.8. The van der Waals surface area contributed by atoms with Gasteiger partial charge in [0.15, 0.2) is 9.84 Å². The maximum Gasteiger partial charge on any atom is 0.243 e. The number of nitrogens with one attached hydrogen (secondary N) is 2. The SMILES string of the molecule is C#CCC[C@H](O)[C@H](O)[C@H](CC1CCCCC1)NC(=O)[C@H](CC#C)NC(=O)[C@H](Cc1cccc(Cl)c1)CS(=O)(=O)C(C)(C)C. The summed E-state index contributed by atoms with van der Waals surface area (Å²) in [4.78, 5) is 27.2. The van der Waals surface area contributed by atoms with Crippen LogP contribution in [0.3, 0.4) is 0 Å². The molecule has 0 bridgehead atoms. The van der Waals surface area contributed by atoms with E-state index in [4.69, 9.17) is 24.4 Å². The lowest BCUT2D eigenvalue weighted by atomic mass is 9.82. The van der Waals surface area contributed by atoms with Crippen molar-refractivity contribution in [3.05, 3.63) is 34.9 Å². The summed E-state index contributed by atoms with van der Waals surface area (Å²) in [6, 6.07) is 4.85. The number of sulfone groups is 1. The summed E-state index contributed by atoms with van der Waals surface area (Å²) < 4.78 is 25.2. The Labute approximate surface area is 262 Å². The summed E-state index contributed by atoms with van der Waals surface area (Å²) >= 11 is 6.13. The Morgan fingerprint density at radius 2 is 1.74 bits per heavy atom. The number of rotatable bonds is 15. The van der Waals surface area contributed by atoms with Crippen LogP contribution in [0.5, 0.6) is 0 Å². The molecule has 8 nitrogen and oxygen atoms in total. The third-order valence-electron chi connectivity index (χ3n) is 8.08. The van der Waals surface area contributed by atoms with Gasteiger partial charge in [0.25, 0.3) is 0 Å². The maximum absolute atomic E-state index is 13.6. The van der Waals surface area contributed by atoms with Gasteiger partial charge in [-0.05, 0) is 63.6 Å². The lowest BCUT2D eigenvalue weighted by Crippen LogP contribution is -2.56. The fourth-order valence-electron chi connectivity index (χ4n) is 5.33. The molecule has 0 saturated heterocycles. The van der Waals surface area contributed by atoms with Gasteiger partial charge in [-0.15, -0.1) is 24.7 Å². The second-order valence-electron chi connectivity index (χ2n) is 12.5. The highest BCUT2D eigenvalue weighted by atomic mass is 35.5. The first kappa shape index (κ1) is 36.6. The third-order valence-corrected chi connectivity index (χ3v) is 11.0. The topological polar surface area (TPSA) is 133 Å². The first-order valence-electron chi connectivity index (χ1n) is 15.0. The van der Waals surface area contributed by atoms with Crippen LogP contribution in [0.25, 0.3) is 0 Å². The quantitative estimate of drug-likeness (QED) is 0.217. The highest BCUT2D eigenvalue weighted by Gasteiger charge is 2.37. The van der Waals surface area contributed by atoms with Gasteiger partial charge in [-0.25, -0.2) is 8.42 Å². The summed E-state index contributed by atoms with van der Waals surface area (Å²) in [5.74, 6) is 2.41. The normalized spacial score (nSPS) is 17.9. The number of carbonyl (C=O) groups excluding carboxylic acids is 2. The van der Waals surface area contributed by atoms with Crippen LogP contribution in [0.4, 0.5) is 0 Å². The molecule has 0 aliphatic heterocycles. The molecule has 1 aromatic rings. The highest BCUT2D eigenvalue weighted by Crippen LogP contribution is 2.29. The minimum Gasteiger partial charge on any atom is -0.390 e. The standard InChI is InChI=1S/C33H47ClN2O6S/c1-6-8-18-29(37)30(38)28(21-23-14-10-9-11-15-23)36-32(40)27(13-7-2)35-31(39)25(22-43(41,42)33(3,4)5)19-24-16-12-17-26(34)20-24/h1-2,12,16-17,20,23,25,27-30,37-38H,8-11,13-15,18-19,21-22H2,3-5H3,(H,35,39)(H,36,40)/t25-,27+,28+,29+,30-/m1/s1. The van der Waals surface area contributed by atoms with Gasteiger partial charge >= 0.3 is 0 Å². The van der Waals surface area contributed by atoms with E-state index in [1.54, 1.807) is 45.0 Å². The minimum atomic E-state index is -3.71. The molecule has 0 heterocycles. The van der Waals surface area contributed by atoms with Gasteiger partial charge in [0.05, 0.1) is 28.6 Å². The zero-order valence-corrected chi connectivity index (χ0v) is 27.1. The van der Waals surface area contributed by atoms with Crippen LogP contribution in [0.1, 0.15) is 84.1 Å². The van der Waals surface area contributed by atoms with Crippen molar-refractivity contribution < 1.29 is 28.2 Å². The number of aliphatic hydroxyl groups excluding tert-OH is 2. The molecule has 1 fully saturated rings. The van der Waals surface area contributed by atoms with E-state index in [0.29, 0.717) is 17.0 Å². The van der Waals surface area contributed by atoms with E-state index >= 15 is 0 Å². The number of halogens is 1. The van der Waals surface area contributed by atoms with E-state index in [1.807, 2.05) is 0 Å². The van der Waals surface area contributed by atoms with E-state index in [1.165, 1.54) is 0 Å². The first-order valence-corrected chi connectivity index (χ1v) is 17.0. The Hall–Kier alpha value is -2.56. The molecule has 43 heavy (non-hydrogen) atoms. The molecule has 1 aromatic carbocycles. The van der Waals surface area contributed by atoms with Crippen molar-refractivity contribution in [2.45, 2.75) is 114 Å². The Balaban J connectivity index is 2.29. The van der Waals surface area contributed by atoms with Crippen molar-refractivity contribution in [1.82, 2.24) is 10.6 Å². The van der Waals surface area contributed by atoms with E-state index in [2.05, 4.69) is 22.5 Å². The van der Waals surface area contributed by atoms with E-state index in [-0.39, 0.29) is 31.6 Å². The summed E-state index contributed by atoms with van der Waals surface area (Å²) in [6.07, 6.45) is 14.5. The zero-order chi connectivity index (χ0) is 32.2. The summed E-state index contributed by atoms with van der Waals surface area (Å²) in [5.41, 5.74) is 0.673.